The zero-order valence-corrected chi connectivity index (χ0v) is 16.1. The van der Waals surface area contributed by atoms with E-state index in [0.717, 1.165) is 27.9 Å². The maximum Gasteiger partial charge on any atom is 0.356 e. The van der Waals surface area contributed by atoms with E-state index in [1.807, 2.05) is 30.3 Å². The smallest absolute Gasteiger partial charge is 0.356 e. The molecule has 0 radical (unpaired) electrons. The Hall–Kier alpha value is -3.25. The predicted octanol–water partition coefficient (Wildman–Crippen LogP) is 4.79. The van der Waals surface area contributed by atoms with Crippen molar-refractivity contribution in [2.75, 3.05) is 14.2 Å². The monoisotopic (exact) mass is 396 g/mol. The number of ether oxygens (including phenoxy) is 2. The molecular weight excluding hydrogens is 380 g/mol. The summed E-state index contributed by atoms with van der Waals surface area (Å²) in [5, 5.41) is 1.49. The van der Waals surface area contributed by atoms with E-state index in [4.69, 9.17) is 25.5 Å². The number of rotatable bonds is 5. The summed E-state index contributed by atoms with van der Waals surface area (Å²) < 4.78 is 17.5. The average molecular weight is 397 g/mol. The van der Waals surface area contributed by atoms with Crippen LogP contribution in [0.2, 0.25) is 5.02 Å². The number of hydrogen-bond acceptors (Lipinski definition) is 5. The van der Waals surface area contributed by atoms with E-state index in [0.29, 0.717) is 17.3 Å². The van der Waals surface area contributed by atoms with E-state index in [2.05, 4.69) is 9.55 Å². The van der Waals surface area contributed by atoms with Gasteiger partial charge in [-0.1, -0.05) is 17.7 Å². The topological polar surface area (TPSA) is 66.5 Å². The lowest BCUT2D eigenvalue weighted by atomic mass is 10.2. The molecule has 0 unspecified atom stereocenters. The van der Waals surface area contributed by atoms with Crippen LogP contribution < -0.4 is 4.74 Å². The van der Waals surface area contributed by atoms with Crippen molar-refractivity contribution in [2.24, 2.45) is 0 Å². The van der Waals surface area contributed by atoms with Gasteiger partial charge in [-0.15, -0.1) is 0 Å². The fraction of sp³-hybridized carbons (Fsp3) is 0.143. The van der Waals surface area contributed by atoms with Gasteiger partial charge in [0.1, 0.15) is 11.4 Å². The second-order valence-electron chi connectivity index (χ2n) is 6.18. The quantitative estimate of drug-likeness (QED) is 0.453. The standard InChI is InChI=1S/C21H17ClN2O4/c1-26-20-9-14-8-18(13-6-7-28-12-13)24(19(14)10-16(20)22)11-15-4-3-5-17(23-15)21(25)27-2/h3-10,12H,11H2,1-2H3. The minimum Gasteiger partial charge on any atom is -0.495 e. The van der Waals surface area contributed by atoms with Gasteiger partial charge in [0.05, 0.1) is 55.2 Å². The number of pyridine rings is 1. The fourth-order valence-electron chi connectivity index (χ4n) is 3.19. The highest BCUT2D eigenvalue weighted by atomic mass is 35.5. The van der Waals surface area contributed by atoms with Crippen molar-refractivity contribution in [3.05, 3.63) is 71.4 Å². The van der Waals surface area contributed by atoms with Crippen LogP contribution in [-0.2, 0) is 11.3 Å². The SMILES string of the molecule is COC(=O)c1cccc(Cn2c(-c3ccoc3)cc3cc(OC)c(Cl)cc32)n1. The molecule has 0 fully saturated rings. The molecule has 7 heteroatoms. The number of halogens is 1. The molecule has 0 aliphatic rings. The number of carbonyl (C=O) groups excluding carboxylic acids is 1. The van der Waals surface area contributed by atoms with E-state index < -0.39 is 5.97 Å². The van der Waals surface area contributed by atoms with Crippen LogP contribution in [0, 0.1) is 0 Å². The summed E-state index contributed by atoms with van der Waals surface area (Å²) in [5.41, 5.74) is 3.78. The lowest BCUT2D eigenvalue weighted by molar-refractivity contribution is 0.0593. The van der Waals surface area contributed by atoms with E-state index in [1.54, 1.807) is 31.8 Å². The molecule has 0 aliphatic heterocycles. The van der Waals surface area contributed by atoms with Crippen molar-refractivity contribution >= 4 is 28.5 Å². The van der Waals surface area contributed by atoms with Crippen molar-refractivity contribution in [3.63, 3.8) is 0 Å². The Morgan fingerprint density at radius 2 is 2.07 bits per heavy atom. The van der Waals surface area contributed by atoms with Crippen molar-refractivity contribution in [1.82, 2.24) is 9.55 Å². The van der Waals surface area contributed by atoms with Gasteiger partial charge in [0.15, 0.2) is 0 Å². The first-order valence-electron chi connectivity index (χ1n) is 8.54. The van der Waals surface area contributed by atoms with Crippen LogP contribution in [0.5, 0.6) is 5.75 Å². The van der Waals surface area contributed by atoms with E-state index >= 15 is 0 Å². The Bertz CT molecular complexity index is 1150. The van der Waals surface area contributed by atoms with Crippen molar-refractivity contribution in [3.8, 4) is 17.0 Å². The number of nitrogens with zero attached hydrogens (tertiary/aromatic N) is 2. The molecule has 0 aliphatic carbocycles. The zero-order chi connectivity index (χ0) is 19.7. The summed E-state index contributed by atoms with van der Waals surface area (Å²) >= 11 is 6.36. The molecule has 1 aromatic carbocycles. The Morgan fingerprint density at radius 3 is 2.79 bits per heavy atom. The van der Waals surface area contributed by atoms with Crippen molar-refractivity contribution in [2.45, 2.75) is 6.54 Å². The maximum absolute atomic E-state index is 11.8. The molecule has 0 saturated carbocycles. The van der Waals surface area contributed by atoms with Crippen LogP contribution >= 0.6 is 11.6 Å². The Kier molecular flexibility index (Phi) is 4.79. The van der Waals surface area contributed by atoms with Crippen LogP contribution in [0.1, 0.15) is 16.2 Å². The average Bonchev–Trinajstić information content (AvgIpc) is 3.35. The van der Waals surface area contributed by atoms with Gasteiger partial charge in [0, 0.05) is 10.9 Å². The summed E-state index contributed by atoms with van der Waals surface area (Å²) in [4.78, 5) is 16.2. The van der Waals surface area contributed by atoms with Crippen LogP contribution in [0.4, 0.5) is 0 Å². The summed E-state index contributed by atoms with van der Waals surface area (Å²) in [7, 11) is 2.92. The third-order valence-electron chi connectivity index (χ3n) is 4.51. The van der Waals surface area contributed by atoms with Gasteiger partial charge < -0.3 is 18.5 Å². The Balaban J connectivity index is 1.86. The Morgan fingerprint density at radius 1 is 1.21 bits per heavy atom. The largest absolute Gasteiger partial charge is 0.495 e. The molecule has 0 atom stereocenters. The lowest BCUT2D eigenvalue weighted by Crippen LogP contribution is -2.08. The first-order valence-corrected chi connectivity index (χ1v) is 8.92. The molecule has 3 heterocycles. The maximum atomic E-state index is 11.8. The van der Waals surface area contributed by atoms with Gasteiger partial charge >= 0.3 is 5.97 Å². The number of furan rings is 1. The third-order valence-corrected chi connectivity index (χ3v) is 4.81. The normalized spacial score (nSPS) is 11.0. The highest BCUT2D eigenvalue weighted by molar-refractivity contribution is 6.32. The molecule has 4 rings (SSSR count). The van der Waals surface area contributed by atoms with Gasteiger partial charge in [-0.05, 0) is 36.4 Å². The zero-order valence-electron chi connectivity index (χ0n) is 15.3. The molecule has 6 nitrogen and oxygen atoms in total. The van der Waals surface area contributed by atoms with E-state index in [-0.39, 0.29) is 5.69 Å². The van der Waals surface area contributed by atoms with Gasteiger partial charge in [0.25, 0.3) is 0 Å². The Labute approximate surface area is 166 Å². The molecule has 0 N–H and O–H groups in total. The molecular formula is C21H17ClN2O4. The number of esters is 1. The summed E-state index contributed by atoms with van der Waals surface area (Å²) in [6.45, 7) is 0.442. The van der Waals surface area contributed by atoms with Gasteiger partial charge in [0.2, 0.25) is 0 Å². The minimum atomic E-state index is -0.470. The van der Waals surface area contributed by atoms with E-state index in [9.17, 15) is 4.79 Å². The number of carbonyl (C=O) groups is 1. The highest BCUT2D eigenvalue weighted by Crippen LogP contribution is 2.35. The first-order chi connectivity index (χ1) is 13.6. The molecule has 0 bridgehead atoms. The second-order valence-corrected chi connectivity index (χ2v) is 6.59. The van der Waals surface area contributed by atoms with Crippen molar-refractivity contribution < 1.29 is 18.7 Å². The van der Waals surface area contributed by atoms with E-state index in [1.165, 1.54) is 7.11 Å². The number of fused-ring (bicyclic) bond motifs is 1. The molecule has 142 valence electrons. The van der Waals surface area contributed by atoms with Crippen LogP contribution in [0.3, 0.4) is 0 Å². The first kappa shape index (κ1) is 18.1. The summed E-state index contributed by atoms with van der Waals surface area (Å²) in [5.74, 6) is 0.137. The number of benzene rings is 1. The number of hydrogen-bond donors (Lipinski definition) is 0. The fourth-order valence-corrected chi connectivity index (χ4v) is 3.42. The third kappa shape index (κ3) is 3.23. The number of methoxy groups -OCH3 is 2. The van der Waals surface area contributed by atoms with Gasteiger partial charge in [-0.2, -0.15) is 0 Å². The predicted molar refractivity (Wildman–Crippen MR) is 106 cm³/mol. The molecule has 0 saturated heterocycles. The van der Waals surface area contributed by atoms with Crippen LogP contribution in [0.15, 0.2) is 59.4 Å². The summed E-state index contributed by atoms with van der Waals surface area (Å²) in [6, 6.07) is 13.0. The minimum absolute atomic E-state index is 0.265. The van der Waals surface area contributed by atoms with Gasteiger partial charge in [-0.25, -0.2) is 9.78 Å². The molecule has 0 amide bonds. The molecule has 0 spiro atoms. The van der Waals surface area contributed by atoms with Gasteiger partial charge in [-0.3, -0.25) is 0 Å². The molecule has 28 heavy (non-hydrogen) atoms. The molecule has 3 aromatic heterocycles. The molecule has 4 aromatic rings. The number of aromatic nitrogens is 2. The van der Waals surface area contributed by atoms with Crippen LogP contribution in [0.25, 0.3) is 22.2 Å². The van der Waals surface area contributed by atoms with Crippen molar-refractivity contribution in [1.29, 1.82) is 0 Å². The van der Waals surface area contributed by atoms with Crippen LogP contribution in [-0.4, -0.2) is 29.7 Å². The highest BCUT2D eigenvalue weighted by Gasteiger charge is 2.16. The lowest BCUT2D eigenvalue weighted by Gasteiger charge is -2.11. The second kappa shape index (κ2) is 7.40. The summed E-state index contributed by atoms with van der Waals surface area (Å²) in [6.07, 6.45) is 3.31.